The second kappa shape index (κ2) is 3.82. The van der Waals surface area contributed by atoms with Gasteiger partial charge in [-0.15, -0.1) is 0 Å². The van der Waals surface area contributed by atoms with Crippen LogP contribution in [-0.2, 0) is 4.79 Å². The Hall–Kier alpha value is -1.31. The summed E-state index contributed by atoms with van der Waals surface area (Å²) in [6.07, 6.45) is 0. The van der Waals surface area contributed by atoms with E-state index in [0.29, 0.717) is 0 Å². The summed E-state index contributed by atoms with van der Waals surface area (Å²) in [5, 5.41) is 9.16. The number of rotatable bonds is 2. The van der Waals surface area contributed by atoms with Crippen LogP contribution in [0.25, 0.3) is 0 Å². The van der Waals surface area contributed by atoms with Crippen molar-refractivity contribution >= 4 is 5.97 Å². The van der Waals surface area contributed by atoms with Gasteiger partial charge in [-0.2, -0.15) is 0 Å². The van der Waals surface area contributed by atoms with Crippen molar-refractivity contribution in [3.63, 3.8) is 0 Å². The molecule has 0 fully saturated rings. The lowest BCUT2D eigenvalue weighted by atomic mass is 9.76. The first kappa shape index (κ1) is 10.8. The molecule has 0 saturated heterocycles. The molecule has 76 valence electrons. The number of hydrogen-bond acceptors (Lipinski definition) is 1. The molecular formula is C12H16O2. The van der Waals surface area contributed by atoms with Gasteiger partial charge in [0, 0.05) is 0 Å². The van der Waals surface area contributed by atoms with Crippen molar-refractivity contribution in [2.75, 3.05) is 0 Å². The molecule has 0 aliphatic heterocycles. The maximum atomic E-state index is 11.1. The molecule has 2 nitrogen and oxygen atoms in total. The van der Waals surface area contributed by atoms with Gasteiger partial charge in [-0.3, -0.25) is 4.79 Å². The normalized spacial score (nSPS) is 13.6. The van der Waals surface area contributed by atoms with E-state index in [-0.39, 0.29) is 5.41 Å². The quantitative estimate of drug-likeness (QED) is 0.782. The van der Waals surface area contributed by atoms with Crippen LogP contribution >= 0.6 is 0 Å². The average Bonchev–Trinajstić information content (AvgIpc) is 2.02. The zero-order chi connectivity index (χ0) is 10.8. The molecule has 0 aromatic heterocycles. The van der Waals surface area contributed by atoms with Crippen molar-refractivity contribution < 1.29 is 9.90 Å². The smallest absolute Gasteiger partial charge is 0.311 e. The molecule has 1 N–H and O–H groups in total. The molecular weight excluding hydrogens is 176 g/mol. The van der Waals surface area contributed by atoms with Crippen molar-refractivity contribution in [3.05, 3.63) is 35.9 Å². The van der Waals surface area contributed by atoms with Crippen LogP contribution in [0.3, 0.4) is 0 Å². The monoisotopic (exact) mass is 192 g/mol. The molecule has 0 heterocycles. The molecule has 2 heteroatoms. The summed E-state index contributed by atoms with van der Waals surface area (Å²) in [5.74, 6) is -1.20. The van der Waals surface area contributed by atoms with Crippen molar-refractivity contribution in [2.45, 2.75) is 26.7 Å². The van der Waals surface area contributed by atoms with Gasteiger partial charge in [-0.1, -0.05) is 51.1 Å². The fraction of sp³-hybridized carbons (Fsp3) is 0.417. The highest BCUT2D eigenvalue weighted by atomic mass is 16.4. The fourth-order valence-electron chi connectivity index (χ4n) is 1.66. The van der Waals surface area contributed by atoms with Gasteiger partial charge in [0.25, 0.3) is 0 Å². The molecule has 0 saturated carbocycles. The van der Waals surface area contributed by atoms with Gasteiger partial charge in [-0.25, -0.2) is 0 Å². The minimum Gasteiger partial charge on any atom is -0.481 e. The van der Waals surface area contributed by atoms with Crippen LogP contribution < -0.4 is 0 Å². The largest absolute Gasteiger partial charge is 0.481 e. The second-order valence-electron chi connectivity index (χ2n) is 4.55. The molecule has 0 bridgehead atoms. The van der Waals surface area contributed by atoms with Crippen LogP contribution in [0.1, 0.15) is 32.3 Å². The Labute approximate surface area is 84.6 Å². The standard InChI is InChI=1S/C12H16O2/c1-12(2,3)10(11(13)14)9-7-5-4-6-8-9/h4-8,10H,1-3H3,(H,13,14)/t10-/m1/s1. The summed E-state index contributed by atoms with van der Waals surface area (Å²) in [7, 11) is 0. The molecule has 1 atom stereocenters. The molecule has 0 amide bonds. The third-order valence-corrected chi connectivity index (χ3v) is 2.25. The van der Waals surface area contributed by atoms with Gasteiger partial charge < -0.3 is 5.11 Å². The van der Waals surface area contributed by atoms with E-state index in [9.17, 15) is 4.79 Å². The summed E-state index contributed by atoms with van der Waals surface area (Å²) in [6, 6.07) is 9.37. The topological polar surface area (TPSA) is 37.3 Å². The minimum absolute atomic E-state index is 0.257. The zero-order valence-corrected chi connectivity index (χ0v) is 8.82. The Morgan fingerprint density at radius 1 is 1.21 bits per heavy atom. The molecule has 1 rings (SSSR count). The average molecular weight is 192 g/mol. The SMILES string of the molecule is CC(C)(C)[C@@H](C(=O)O)c1ccccc1. The number of carboxylic acid groups (broad SMARTS) is 1. The Morgan fingerprint density at radius 3 is 2.07 bits per heavy atom. The third-order valence-electron chi connectivity index (χ3n) is 2.25. The van der Waals surface area contributed by atoms with Gasteiger partial charge in [0.15, 0.2) is 0 Å². The molecule has 0 aliphatic carbocycles. The van der Waals surface area contributed by atoms with E-state index < -0.39 is 11.9 Å². The van der Waals surface area contributed by atoms with Crippen LogP contribution in [0.5, 0.6) is 0 Å². The summed E-state index contributed by atoms with van der Waals surface area (Å²) >= 11 is 0. The Balaban J connectivity index is 3.08. The third kappa shape index (κ3) is 2.34. The van der Waals surface area contributed by atoms with E-state index in [1.165, 1.54) is 0 Å². The highest BCUT2D eigenvalue weighted by Crippen LogP contribution is 2.34. The molecule has 1 aromatic rings. The first-order valence-corrected chi connectivity index (χ1v) is 4.70. The highest BCUT2D eigenvalue weighted by molar-refractivity contribution is 5.77. The van der Waals surface area contributed by atoms with Crippen LogP contribution in [0.4, 0.5) is 0 Å². The Bertz CT molecular complexity index is 309. The first-order chi connectivity index (χ1) is 6.43. The van der Waals surface area contributed by atoms with Crippen LogP contribution in [0.15, 0.2) is 30.3 Å². The molecule has 0 spiro atoms. The number of hydrogen-bond donors (Lipinski definition) is 1. The van der Waals surface area contributed by atoms with Crippen molar-refractivity contribution in [3.8, 4) is 0 Å². The van der Waals surface area contributed by atoms with Crippen LogP contribution in [0, 0.1) is 5.41 Å². The molecule has 0 aliphatic rings. The maximum Gasteiger partial charge on any atom is 0.311 e. The van der Waals surface area contributed by atoms with Crippen LogP contribution in [0.2, 0.25) is 0 Å². The highest BCUT2D eigenvalue weighted by Gasteiger charge is 2.32. The Kier molecular flexibility index (Phi) is 2.94. The fourth-order valence-corrected chi connectivity index (χ4v) is 1.66. The number of benzene rings is 1. The maximum absolute atomic E-state index is 11.1. The van der Waals surface area contributed by atoms with Gasteiger partial charge in [0.05, 0.1) is 5.92 Å². The molecule has 14 heavy (non-hydrogen) atoms. The number of aliphatic carboxylic acids is 1. The van der Waals surface area contributed by atoms with E-state index in [2.05, 4.69) is 0 Å². The van der Waals surface area contributed by atoms with Crippen molar-refractivity contribution in [1.82, 2.24) is 0 Å². The summed E-state index contributed by atoms with van der Waals surface area (Å²) < 4.78 is 0. The molecule has 1 aromatic carbocycles. The number of carbonyl (C=O) groups is 1. The van der Waals surface area contributed by atoms with Crippen molar-refractivity contribution in [1.29, 1.82) is 0 Å². The lowest BCUT2D eigenvalue weighted by Gasteiger charge is -2.27. The summed E-state index contributed by atoms with van der Waals surface area (Å²) in [6.45, 7) is 5.83. The lowest BCUT2D eigenvalue weighted by Crippen LogP contribution is -2.26. The second-order valence-corrected chi connectivity index (χ2v) is 4.55. The van der Waals surface area contributed by atoms with E-state index in [1.807, 2.05) is 51.1 Å². The van der Waals surface area contributed by atoms with Crippen molar-refractivity contribution in [2.24, 2.45) is 5.41 Å². The molecule has 0 unspecified atom stereocenters. The summed E-state index contributed by atoms with van der Waals surface area (Å²) in [5.41, 5.74) is 0.611. The van der Waals surface area contributed by atoms with Gasteiger partial charge >= 0.3 is 5.97 Å². The van der Waals surface area contributed by atoms with Crippen LogP contribution in [-0.4, -0.2) is 11.1 Å². The van der Waals surface area contributed by atoms with Gasteiger partial charge in [0.1, 0.15) is 0 Å². The van der Waals surface area contributed by atoms with E-state index >= 15 is 0 Å². The first-order valence-electron chi connectivity index (χ1n) is 4.70. The lowest BCUT2D eigenvalue weighted by molar-refractivity contribution is -0.141. The molecule has 0 radical (unpaired) electrons. The van der Waals surface area contributed by atoms with Gasteiger partial charge in [0.2, 0.25) is 0 Å². The zero-order valence-electron chi connectivity index (χ0n) is 8.82. The predicted octanol–water partition coefficient (Wildman–Crippen LogP) is 2.90. The predicted molar refractivity (Wildman–Crippen MR) is 56.3 cm³/mol. The van der Waals surface area contributed by atoms with E-state index in [4.69, 9.17) is 5.11 Å². The Morgan fingerprint density at radius 2 is 1.71 bits per heavy atom. The van der Waals surface area contributed by atoms with Gasteiger partial charge in [-0.05, 0) is 11.0 Å². The summed E-state index contributed by atoms with van der Waals surface area (Å²) in [4.78, 5) is 11.1. The number of carboxylic acids is 1. The minimum atomic E-state index is -0.760. The van der Waals surface area contributed by atoms with E-state index in [1.54, 1.807) is 0 Å². The van der Waals surface area contributed by atoms with E-state index in [0.717, 1.165) is 5.56 Å².